The molecule has 1 saturated carbocycles. The van der Waals surface area contributed by atoms with Crippen LogP contribution in [-0.4, -0.2) is 59.8 Å². The Kier molecular flexibility index (Phi) is 4.11. The molecule has 1 aliphatic carbocycles. The predicted octanol–water partition coefficient (Wildman–Crippen LogP) is 1.56. The van der Waals surface area contributed by atoms with E-state index in [9.17, 15) is 5.11 Å². The first kappa shape index (κ1) is 13.3. The summed E-state index contributed by atoms with van der Waals surface area (Å²) < 4.78 is 0. The molecule has 0 aromatic heterocycles. The fourth-order valence-electron chi connectivity index (χ4n) is 3.32. The summed E-state index contributed by atoms with van der Waals surface area (Å²) >= 11 is 0. The maximum atomic E-state index is 10.2. The van der Waals surface area contributed by atoms with Crippen LogP contribution in [0.15, 0.2) is 0 Å². The first-order valence-electron chi connectivity index (χ1n) is 7.16. The monoisotopic (exact) mass is 240 g/mol. The molecule has 0 radical (unpaired) electrons. The zero-order valence-electron chi connectivity index (χ0n) is 11.7. The van der Waals surface area contributed by atoms with Crippen molar-refractivity contribution in [2.24, 2.45) is 5.41 Å². The Morgan fingerprint density at radius 2 is 1.82 bits per heavy atom. The van der Waals surface area contributed by atoms with E-state index in [4.69, 9.17) is 0 Å². The van der Waals surface area contributed by atoms with Crippen molar-refractivity contribution in [1.29, 1.82) is 0 Å². The van der Waals surface area contributed by atoms with Gasteiger partial charge < -0.3 is 10.0 Å². The zero-order chi connectivity index (χ0) is 12.5. The lowest BCUT2D eigenvalue weighted by molar-refractivity contribution is -0.0332. The van der Waals surface area contributed by atoms with Crippen LogP contribution in [0.25, 0.3) is 0 Å². The Balaban J connectivity index is 1.92. The molecule has 3 nitrogen and oxygen atoms in total. The first-order valence-corrected chi connectivity index (χ1v) is 7.16. The molecule has 2 aliphatic rings. The summed E-state index contributed by atoms with van der Waals surface area (Å²) in [6.45, 7) is 12.7. The summed E-state index contributed by atoms with van der Waals surface area (Å²) in [5.74, 6) is 0. The average molecular weight is 240 g/mol. The Morgan fingerprint density at radius 1 is 1.18 bits per heavy atom. The molecule has 0 amide bonds. The van der Waals surface area contributed by atoms with Crippen LogP contribution in [0.4, 0.5) is 0 Å². The Labute approximate surface area is 106 Å². The van der Waals surface area contributed by atoms with Gasteiger partial charge in [0.15, 0.2) is 0 Å². The van der Waals surface area contributed by atoms with E-state index < -0.39 is 0 Å². The minimum atomic E-state index is -0.101. The molecular weight excluding hydrogens is 212 g/mol. The molecule has 1 N–H and O–H groups in total. The maximum absolute atomic E-state index is 10.2. The third-order valence-corrected chi connectivity index (χ3v) is 4.65. The Hall–Kier alpha value is -0.120. The Morgan fingerprint density at radius 3 is 2.41 bits per heavy atom. The molecule has 100 valence electrons. The summed E-state index contributed by atoms with van der Waals surface area (Å²) in [7, 11) is 0. The van der Waals surface area contributed by atoms with Gasteiger partial charge in [-0.25, -0.2) is 0 Å². The van der Waals surface area contributed by atoms with Gasteiger partial charge in [0.2, 0.25) is 0 Å². The fraction of sp³-hybridized carbons (Fsp3) is 1.00. The second-order valence-electron chi connectivity index (χ2n) is 6.51. The van der Waals surface area contributed by atoms with E-state index >= 15 is 0 Å². The second kappa shape index (κ2) is 5.25. The van der Waals surface area contributed by atoms with Gasteiger partial charge in [-0.2, -0.15) is 0 Å². The zero-order valence-corrected chi connectivity index (χ0v) is 11.7. The second-order valence-corrected chi connectivity index (χ2v) is 6.51. The largest absolute Gasteiger partial charge is 0.391 e. The number of nitrogens with zero attached hydrogens (tertiary/aromatic N) is 2. The topological polar surface area (TPSA) is 26.7 Å². The molecule has 0 spiro atoms. The van der Waals surface area contributed by atoms with Crippen molar-refractivity contribution in [2.45, 2.75) is 52.2 Å². The normalized spacial score (nSPS) is 36.0. The van der Waals surface area contributed by atoms with Gasteiger partial charge in [0.1, 0.15) is 0 Å². The molecule has 1 aliphatic heterocycles. The SMILES string of the molecule is CCN1CCN(C2CC(C)(C)CCC2O)CC1. The van der Waals surface area contributed by atoms with E-state index in [2.05, 4.69) is 30.6 Å². The van der Waals surface area contributed by atoms with E-state index in [1.165, 1.54) is 19.5 Å². The van der Waals surface area contributed by atoms with Crippen LogP contribution >= 0.6 is 0 Å². The minimum Gasteiger partial charge on any atom is -0.391 e. The molecule has 2 unspecified atom stereocenters. The van der Waals surface area contributed by atoms with Gasteiger partial charge in [0.25, 0.3) is 0 Å². The molecule has 0 bridgehead atoms. The van der Waals surface area contributed by atoms with Crippen molar-refractivity contribution in [3.05, 3.63) is 0 Å². The summed E-state index contributed by atoms with van der Waals surface area (Å²) in [6.07, 6.45) is 3.20. The van der Waals surface area contributed by atoms with Crippen molar-refractivity contribution in [1.82, 2.24) is 9.80 Å². The number of aliphatic hydroxyl groups is 1. The number of hydrogen-bond donors (Lipinski definition) is 1. The smallest absolute Gasteiger partial charge is 0.0695 e. The lowest BCUT2D eigenvalue weighted by Crippen LogP contribution is -2.56. The van der Waals surface area contributed by atoms with E-state index in [1.807, 2.05) is 0 Å². The number of piperazine rings is 1. The highest BCUT2D eigenvalue weighted by Gasteiger charge is 2.37. The van der Waals surface area contributed by atoms with E-state index in [0.29, 0.717) is 11.5 Å². The standard InChI is InChI=1S/C14H28N2O/c1-4-15-7-9-16(10-8-15)12-11-14(2,3)6-5-13(12)17/h12-13,17H,4-11H2,1-3H3. The number of hydrogen-bond acceptors (Lipinski definition) is 3. The van der Waals surface area contributed by atoms with Gasteiger partial charge in [-0.05, 0) is 31.2 Å². The molecule has 1 saturated heterocycles. The molecule has 0 aromatic rings. The van der Waals surface area contributed by atoms with Crippen LogP contribution in [0.2, 0.25) is 0 Å². The minimum absolute atomic E-state index is 0.101. The van der Waals surface area contributed by atoms with Gasteiger partial charge in [-0.3, -0.25) is 4.90 Å². The lowest BCUT2D eigenvalue weighted by atomic mass is 9.73. The van der Waals surface area contributed by atoms with E-state index in [-0.39, 0.29) is 6.10 Å². The van der Waals surface area contributed by atoms with Crippen molar-refractivity contribution in [3.8, 4) is 0 Å². The van der Waals surface area contributed by atoms with Crippen molar-refractivity contribution >= 4 is 0 Å². The summed E-state index contributed by atoms with van der Waals surface area (Å²) in [5.41, 5.74) is 0.409. The fourth-order valence-corrected chi connectivity index (χ4v) is 3.32. The maximum Gasteiger partial charge on any atom is 0.0695 e. The number of rotatable bonds is 2. The first-order chi connectivity index (χ1) is 8.02. The van der Waals surface area contributed by atoms with Crippen LogP contribution < -0.4 is 0 Å². The quantitative estimate of drug-likeness (QED) is 0.793. The van der Waals surface area contributed by atoms with Gasteiger partial charge >= 0.3 is 0 Å². The lowest BCUT2D eigenvalue weighted by Gasteiger charge is -2.46. The third kappa shape index (κ3) is 3.21. The van der Waals surface area contributed by atoms with Gasteiger partial charge in [-0.15, -0.1) is 0 Å². The Bertz CT molecular complexity index is 247. The number of likely N-dealkylation sites (N-methyl/N-ethyl adjacent to an activating group) is 1. The van der Waals surface area contributed by atoms with Crippen molar-refractivity contribution in [2.75, 3.05) is 32.7 Å². The van der Waals surface area contributed by atoms with Crippen LogP contribution in [0, 0.1) is 5.41 Å². The molecule has 2 rings (SSSR count). The third-order valence-electron chi connectivity index (χ3n) is 4.65. The molecule has 1 heterocycles. The van der Waals surface area contributed by atoms with Gasteiger partial charge in [0, 0.05) is 32.2 Å². The summed E-state index contributed by atoms with van der Waals surface area (Å²) in [6, 6.07) is 0.401. The molecule has 17 heavy (non-hydrogen) atoms. The van der Waals surface area contributed by atoms with Crippen LogP contribution in [-0.2, 0) is 0 Å². The van der Waals surface area contributed by atoms with Crippen LogP contribution in [0.3, 0.4) is 0 Å². The highest BCUT2D eigenvalue weighted by Crippen LogP contribution is 2.37. The van der Waals surface area contributed by atoms with Crippen molar-refractivity contribution < 1.29 is 5.11 Å². The molecule has 3 heteroatoms. The van der Waals surface area contributed by atoms with E-state index in [1.54, 1.807) is 0 Å². The number of aliphatic hydroxyl groups excluding tert-OH is 1. The molecule has 2 fully saturated rings. The molecule has 2 atom stereocenters. The summed E-state index contributed by atoms with van der Waals surface area (Å²) in [4.78, 5) is 5.02. The van der Waals surface area contributed by atoms with Gasteiger partial charge in [-0.1, -0.05) is 20.8 Å². The highest BCUT2D eigenvalue weighted by molar-refractivity contribution is 4.92. The van der Waals surface area contributed by atoms with E-state index in [0.717, 1.165) is 32.5 Å². The van der Waals surface area contributed by atoms with Crippen molar-refractivity contribution in [3.63, 3.8) is 0 Å². The average Bonchev–Trinajstić information content (AvgIpc) is 2.33. The molecular formula is C14H28N2O. The highest BCUT2D eigenvalue weighted by atomic mass is 16.3. The van der Waals surface area contributed by atoms with Crippen LogP contribution in [0.5, 0.6) is 0 Å². The van der Waals surface area contributed by atoms with Crippen LogP contribution in [0.1, 0.15) is 40.0 Å². The predicted molar refractivity (Wildman–Crippen MR) is 71.1 cm³/mol. The summed E-state index contributed by atoms with van der Waals surface area (Å²) in [5, 5.41) is 10.2. The molecule has 0 aromatic carbocycles. The van der Waals surface area contributed by atoms with Gasteiger partial charge in [0.05, 0.1) is 6.10 Å².